The maximum absolute atomic E-state index is 10.6. The number of aryl methyl sites for hydroxylation is 1. The van der Waals surface area contributed by atoms with Gasteiger partial charge < -0.3 is 0 Å². The van der Waals surface area contributed by atoms with Gasteiger partial charge in [-0.1, -0.05) is 53.7 Å². The summed E-state index contributed by atoms with van der Waals surface area (Å²) in [6.07, 6.45) is 4.05. The van der Waals surface area contributed by atoms with Crippen molar-refractivity contribution in [2.75, 3.05) is 5.75 Å². The number of carbonyl (C=O) groups is 1. The van der Waals surface area contributed by atoms with Crippen LogP contribution >= 0.6 is 11.8 Å². The second kappa shape index (κ2) is 5.66. The molecule has 1 nitrogen and oxygen atoms in total. The molecule has 0 aliphatic heterocycles. The van der Waals surface area contributed by atoms with Gasteiger partial charge in [0.1, 0.15) is 0 Å². The van der Waals surface area contributed by atoms with Gasteiger partial charge in [0.05, 0.1) is 0 Å². The smallest absolute Gasteiger partial charge is 0.186 e. The minimum absolute atomic E-state index is 0.165. The Hall–Kier alpha value is -1.02. The molecule has 0 spiro atoms. The average molecular weight is 206 g/mol. The van der Waals surface area contributed by atoms with Crippen LogP contribution in [0.15, 0.2) is 30.3 Å². The lowest BCUT2D eigenvalue weighted by Gasteiger charge is -1.94. The quantitative estimate of drug-likeness (QED) is 0.755. The molecule has 1 rings (SSSR count). The highest BCUT2D eigenvalue weighted by molar-refractivity contribution is 8.13. The molecule has 0 aliphatic carbocycles. The Kier molecular flexibility index (Phi) is 4.47. The van der Waals surface area contributed by atoms with E-state index in [4.69, 9.17) is 0 Å². The third-order valence-electron chi connectivity index (χ3n) is 1.77. The number of rotatable bonds is 3. The third kappa shape index (κ3) is 4.28. The lowest BCUT2D eigenvalue weighted by molar-refractivity contribution is -0.109. The molecule has 0 unspecified atom stereocenters. The summed E-state index contributed by atoms with van der Waals surface area (Å²) in [5.74, 6) is 0.753. The van der Waals surface area contributed by atoms with E-state index in [1.54, 1.807) is 6.92 Å². The minimum atomic E-state index is 0.165. The zero-order chi connectivity index (χ0) is 10.4. The van der Waals surface area contributed by atoms with Crippen molar-refractivity contribution in [3.05, 3.63) is 41.5 Å². The molecule has 0 saturated carbocycles. The summed E-state index contributed by atoms with van der Waals surface area (Å²) in [7, 11) is 0. The molecule has 0 bridgehead atoms. The molecule has 0 aliphatic rings. The summed E-state index contributed by atoms with van der Waals surface area (Å²) in [5.41, 5.74) is 2.44. The highest BCUT2D eigenvalue weighted by atomic mass is 32.2. The molecule has 74 valence electrons. The maximum atomic E-state index is 10.6. The van der Waals surface area contributed by atoms with Gasteiger partial charge in [-0.05, 0) is 12.5 Å². The molecule has 0 atom stereocenters. The monoisotopic (exact) mass is 206 g/mol. The van der Waals surface area contributed by atoms with Gasteiger partial charge in [-0.25, -0.2) is 0 Å². The Bertz CT molecular complexity index is 325. The van der Waals surface area contributed by atoms with E-state index in [1.807, 2.05) is 12.2 Å². The second-order valence-electron chi connectivity index (χ2n) is 3.12. The van der Waals surface area contributed by atoms with E-state index in [0.717, 1.165) is 5.75 Å². The Morgan fingerprint density at radius 1 is 1.36 bits per heavy atom. The van der Waals surface area contributed by atoms with E-state index in [0.29, 0.717) is 0 Å². The van der Waals surface area contributed by atoms with E-state index in [9.17, 15) is 4.79 Å². The van der Waals surface area contributed by atoms with E-state index in [-0.39, 0.29) is 5.12 Å². The largest absolute Gasteiger partial charge is 0.288 e. The van der Waals surface area contributed by atoms with Gasteiger partial charge in [-0.2, -0.15) is 0 Å². The van der Waals surface area contributed by atoms with Crippen molar-refractivity contribution in [1.29, 1.82) is 0 Å². The average Bonchev–Trinajstić information content (AvgIpc) is 2.15. The zero-order valence-electron chi connectivity index (χ0n) is 8.49. The number of hydrogen-bond acceptors (Lipinski definition) is 2. The van der Waals surface area contributed by atoms with Crippen LogP contribution in [0.5, 0.6) is 0 Å². The first-order valence-corrected chi connectivity index (χ1v) is 5.53. The van der Waals surface area contributed by atoms with Gasteiger partial charge in [0.25, 0.3) is 0 Å². The fraction of sp³-hybridized carbons (Fsp3) is 0.250. The van der Waals surface area contributed by atoms with Gasteiger partial charge in [0, 0.05) is 12.7 Å². The third-order valence-corrected chi connectivity index (χ3v) is 2.54. The van der Waals surface area contributed by atoms with Gasteiger partial charge in [0.2, 0.25) is 0 Å². The Balaban J connectivity index is 2.44. The summed E-state index contributed by atoms with van der Waals surface area (Å²) < 4.78 is 0. The number of carbonyl (C=O) groups excluding carboxylic acids is 1. The van der Waals surface area contributed by atoms with Gasteiger partial charge in [-0.3, -0.25) is 4.79 Å². The van der Waals surface area contributed by atoms with Crippen LogP contribution in [0.1, 0.15) is 18.1 Å². The molecule has 0 aromatic heterocycles. The molecule has 0 saturated heterocycles. The first-order chi connectivity index (χ1) is 6.68. The fourth-order valence-electron chi connectivity index (χ4n) is 1.03. The molecule has 2 heteroatoms. The van der Waals surface area contributed by atoms with Crippen LogP contribution in [0.2, 0.25) is 0 Å². The molecule has 0 amide bonds. The topological polar surface area (TPSA) is 17.1 Å². The number of benzene rings is 1. The first kappa shape index (κ1) is 11.1. The summed E-state index contributed by atoms with van der Waals surface area (Å²) >= 11 is 1.33. The van der Waals surface area contributed by atoms with Crippen LogP contribution < -0.4 is 0 Å². The van der Waals surface area contributed by atoms with Crippen LogP contribution in [0, 0.1) is 6.92 Å². The van der Waals surface area contributed by atoms with Crippen molar-refractivity contribution < 1.29 is 4.79 Å². The molecular formula is C12H14OS. The Morgan fingerprint density at radius 3 is 2.57 bits per heavy atom. The van der Waals surface area contributed by atoms with E-state index < -0.39 is 0 Å². The summed E-state index contributed by atoms with van der Waals surface area (Å²) in [4.78, 5) is 10.6. The highest BCUT2D eigenvalue weighted by Crippen LogP contribution is 2.07. The van der Waals surface area contributed by atoms with Crippen LogP contribution in [0.3, 0.4) is 0 Å². The summed E-state index contributed by atoms with van der Waals surface area (Å²) in [5, 5.41) is 0.165. The van der Waals surface area contributed by atoms with Crippen molar-refractivity contribution in [3.8, 4) is 0 Å². The van der Waals surface area contributed by atoms with Crippen molar-refractivity contribution in [3.63, 3.8) is 0 Å². The first-order valence-electron chi connectivity index (χ1n) is 4.55. The fourth-order valence-corrected chi connectivity index (χ4v) is 1.45. The van der Waals surface area contributed by atoms with Crippen molar-refractivity contribution in [1.82, 2.24) is 0 Å². The van der Waals surface area contributed by atoms with Crippen LogP contribution in [-0.2, 0) is 4.79 Å². The molecule has 1 aromatic carbocycles. The molecular weight excluding hydrogens is 192 g/mol. The Labute approximate surface area is 89.2 Å². The molecule has 1 aromatic rings. The van der Waals surface area contributed by atoms with Crippen LogP contribution in [-0.4, -0.2) is 10.9 Å². The van der Waals surface area contributed by atoms with Crippen molar-refractivity contribution in [2.24, 2.45) is 0 Å². The van der Waals surface area contributed by atoms with E-state index in [2.05, 4.69) is 31.2 Å². The minimum Gasteiger partial charge on any atom is -0.288 e. The zero-order valence-corrected chi connectivity index (χ0v) is 9.30. The highest BCUT2D eigenvalue weighted by Gasteiger charge is 1.89. The molecule has 0 radical (unpaired) electrons. The molecule has 0 fully saturated rings. The maximum Gasteiger partial charge on any atom is 0.186 e. The lowest BCUT2D eigenvalue weighted by atomic mass is 10.1. The predicted molar refractivity (Wildman–Crippen MR) is 63.4 cm³/mol. The second-order valence-corrected chi connectivity index (χ2v) is 4.31. The predicted octanol–water partition coefficient (Wildman–Crippen LogP) is 3.29. The van der Waals surface area contributed by atoms with Crippen LogP contribution in [0.4, 0.5) is 0 Å². The van der Waals surface area contributed by atoms with E-state index in [1.165, 1.54) is 22.9 Å². The number of hydrogen-bond donors (Lipinski definition) is 0. The summed E-state index contributed by atoms with van der Waals surface area (Å²) in [6.45, 7) is 3.66. The van der Waals surface area contributed by atoms with Gasteiger partial charge in [-0.15, -0.1) is 0 Å². The lowest BCUT2D eigenvalue weighted by Crippen LogP contribution is -1.81. The van der Waals surface area contributed by atoms with Crippen molar-refractivity contribution >= 4 is 23.0 Å². The Morgan fingerprint density at radius 2 is 2.00 bits per heavy atom. The van der Waals surface area contributed by atoms with E-state index >= 15 is 0 Å². The van der Waals surface area contributed by atoms with Gasteiger partial charge in [0.15, 0.2) is 5.12 Å². The van der Waals surface area contributed by atoms with Crippen LogP contribution in [0.25, 0.3) is 6.08 Å². The molecule has 0 N–H and O–H groups in total. The number of thioether (sulfide) groups is 1. The summed E-state index contributed by atoms with van der Waals surface area (Å²) in [6, 6.07) is 8.31. The standard InChI is InChI=1S/C12H14OS/c1-10-5-7-12(8-6-10)4-3-9-14-11(2)13/h3-8H,9H2,1-2H3. The normalized spacial score (nSPS) is 10.7. The molecule has 14 heavy (non-hydrogen) atoms. The van der Waals surface area contributed by atoms with Crippen molar-refractivity contribution in [2.45, 2.75) is 13.8 Å². The van der Waals surface area contributed by atoms with Gasteiger partial charge >= 0.3 is 0 Å². The SMILES string of the molecule is CC(=O)SCC=Cc1ccc(C)cc1. The molecule has 0 heterocycles.